The van der Waals surface area contributed by atoms with Gasteiger partial charge in [0.1, 0.15) is 5.75 Å². The van der Waals surface area contributed by atoms with E-state index in [1.54, 1.807) is 23.2 Å². The maximum atomic E-state index is 12.7. The lowest BCUT2D eigenvalue weighted by Gasteiger charge is -2.30. The smallest absolute Gasteiger partial charge is 0.238 e. The van der Waals surface area contributed by atoms with E-state index >= 15 is 0 Å². The molecule has 1 aromatic carbocycles. The molecule has 1 aliphatic heterocycles. The molecular weight excluding hydrogens is 326 g/mol. The average Bonchev–Trinajstić information content (AvgIpc) is 3.06. The molecule has 128 valence electrons. The van der Waals surface area contributed by atoms with Crippen molar-refractivity contribution in [3.63, 3.8) is 0 Å². The van der Waals surface area contributed by atoms with E-state index in [1.165, 1.54) is 10.8 Å². The Morgan fingerprint density at radius 3 is 2.54 bits per heavy atom. The molecule has 0 aliphatic carbocycles. The molecule has 1 saturated heterocycles. The highest BCUT2D eigenvalue weighted by atomic mass is 32.2. The molecule has 24 heavy (non-hydrogen) atoms. The topological polar surface area (TPSA) is 72.3 Å². The summed E-state index contributed by atoms with van der Waals surface area (Å²) in [5, 5.41) is -0.0903. The lowest BCUT2D eigenvalue weighted by atomic mass is 9.99. The summed E-state index contributed by atoms with van der Waals surface area (Å²) in [6.07, 6.45) is 4.87. The molecule has 0 radical (unpaired) electrons. The van der Waals surface area contributed by atoms with E-state index in [1.807, 2.05) is 18.2 Å². The highest BCUT2D eigenvalue weighted by molar-refractivity contribution is 7.92. The predicted octanol–water partition coefficient (Wildman–Crippen LogP) is 1.90. The van der Waals surface area contributed by atoms with Crippen molar-refractivity contribution in [1.82, 2.24) is 14.5 Å². The summed E-state index contributed by atoms with van der Waals surface area (Å²) < 4.78 is 26.8. The number of benzene rings is 1. The Bertz CT molecular complexity index is 807. The van der Waals surface area contributed by atoms with E-state index in [-0.39, 0.29) is 11.1 Å². The number of aromatic nitrogens is 2. The minimum atomic E-state index is -3.80. The third-order valence-corrected chi connectivity index (χ3v) is 5.85. The lowest BCUT2D eigenvalue weighted by molar-refractivity contribution is -0.129. The first-order chi connectivity index (χ1) is 11.5. The van der Waals surface area contributed by atoms with Crippen molar-refractivity contribution in [1.29, 1.82) is 0 Å². The molecule has 0 bridgehead atoms. The minimum absolute atomic E-state index is 0.0903. The number of carbonyl (C=O) groups excluding carboxylic acids is 1. The third-order valence-electron chi connectivity index (χ3n) is 4.37. The molecule has 0 N–H and O–H groups in total. The molecule has 1 aliphatic rings. The van der Waals surface area contributed by atoms with Crippen LogP contribution in [0.15, 0.2) is 47.9 Å². The molecule has 0 saturated carbocycles. The zero-order valence-electron chi connectivity index (χ0n) is 13.6. The van der Waals surface area contributed by atoms with Gasteiger partial charge in [-0.05, 0) is 30.9 Å². The number of hydrogen-bond acceptors (Lipinski definition) is 4. The highest BCUT2D eigenvalue weighted by Crippen LogP contribution is 2.19. The summed E-state index contributed by atoms with van der Waals surface area (Å²) in [7, 11) is -3.80. The van der Waals surface area contributed by atoms with Gasteiger partial charge in [-0.15, -0.1) is 0 Å². The number of para-hydroxylation sites is 1. The van der Waals surface area contributed by atoms with Gasteiger partial charge >= 0.3 is 0 Å². The molecule has 2 aromatic rings. The Morgan fingerprint density at radius 2 is 1.88 bits per heavy atom. The van der Waals surface area contributed by atoms with E-state index < -0.39 is 15.6 Å². The monoisotopic (exact) mass is 347 g/mol. The summed E-state index contributed by atoms with van der Waals surface area (Å²) in [5.74, 6) is -0.294. The zero-order chi connectivity index (χ0) is 17.2. The van der Waals surface area contributed by atoms with Gasteiger partial charge in [0.15, 0.2) is 0 Å². The van der Waals surface area contributed by atoms with Crippen LogP contribution in [0.5, 0.6) is 0 Å². The Balaban J connectivity index is 1.79. The first-order valence-electron chi connectivity index (χ1n) is 8.06. The van der Waals surface area contributed by atoms with Crippen LogP contribution < -0.4 is 0 Å². The van der Waals surface area contributed by atoms with Crippen LogP contribution in [-0.2, 0) is 14.6 Å². The largest absolute Gasteiger partial charge is 0.342 e. The fourth-order valence-corrected chi connectivity index (χ4v) is 4.21. The number of sulfone groups is 1. The average molecular weight is 347 g/mol. The predicted molar refractivity (Wildman–Crippen MR) is 90.6 cm³/mol. The van der Waals surface area contributed by atoms with Crippen molar-refractivity contribution in [2.45, 2.75) is 24.9 Å². The van der Waals surface area contributed by atoms with Crippen LogP contribution in [0, 0.1) is 5.92 Å². The summed E-state index contributed by atoms with van der Waals surface area (Å²) in [6, 6.07) is 9.11. The molecule has 1 fully saturated rings. The number of likely N-dealkylation sites (tertiary alicyclic amines) is 1. The van der Waals surface area contributed by atoms with Gasteiger partial charge in [-0.25, -0.2) is 13.4 Å². The van der Waals surface area contributed by atoms with Gasteiger partial charge < -0.3 is 4.90 Å². The van der Waals surface area contributed by atoms with Crippen LogP contribution in [0.25, 0.3) is 5.69 Å². The van der Waals surface area contributed by atoms with Gasteiger partial charge in [0.25, 0.3) is 0 Å². The third kappa shape index (κ3) is 3.51. The zero-order valence-corrected chi connectivity index (χ0v) is 14.4. The molecule has 6 nitrogen and oxygen atoms in total. The van der Waals surface area contributed by atoms with Crippen molar-refractivity contribution in [3.8, 4) is 5.69 Å². The second kappa shape index (κ2) is 6.76. The van der Waals surface area contributed by atoms with Crippen LogP contribution in [0.3, 0.4) is 0 Å². The normalized spacial score (nSPS) is 16.3. The molecule has 0 spiro atoms. The van der Waals surface area contributed by atoms with Crippen LogP contribution in [0.1, 0.15) is 19.8 Å². The van der Waals surface area contributed by atoms with E-state index in [9.17, 15) is 13.2 Å². The second-order valence-electron chi connectivity index (χ2n) is 6.24. The molecule has 1 aromatic heterocycles. The molecule has 3 rings (SSSR count). The highest BCUT2D eigenvalue weighted by Gasteiger charge is 2.29. The number of imidazole rings is 1. The van der Waals surface area contributed by atoms with Gasteiger partial charge in [0.2, 0.25) is 20.9 Å². The molecular formula is C17H21N3O3S. The Morgan fingerprint density at radius 1 is 1.21 bits per heavy atom. The Labute approximate surface area is 142 Å². The van der Waals surface area contributed by atoms with Crippen molar-refractivity contribution in [3.05, 3.63) is 42.7 Å². The molecule has 0 unspecified atom stereocenters. The number of amides is 1. The van der Waals surface area contributed by atoms with Crippen LogP contribution in [0.4, 0.5) is 0 Å². The first kappa shape index (κ1) is 16.7. The number of rotatable bonds is 4. The molecule has 7 heteroatoms. The maximum absolute atomic E-state index is 12.7. The van der Waals surface area contributed by atoms with Crippen LogP contribution >= 0.6 is 0 Å². The Kier molecular flexibility index (Phi) is 4.71. The summed E-state index contributed by atoms with van der Waals surface area (Å²) in [6.45, 7) is 3.40. The summed E-state index contributed by atoms with van der Waals surface area (Å²) in [4.78, 5) is 18.0. The first-order valence-corrected chi connectivity index (χ1v) is 9.72. The SMILES string of the molecule is CC1CCN(C(=O)CS(=O)(=O)c2nccn2-c2ccccc2)CC1. The fourth-order valence-electron chi connectivity index (χ4n) is 2.88. The maximum Gasteiger partial charge on any atom is 0.238 e. The molecule has 1 amide bonds. The van der Waals surface area contributed by atoms with Gasteiger partial charge in [-0.3, -0.25) is 9.36 Å². The van der Waals surface area contributed by atoms with Crippen molar-refractivity contribution < 1.29 is 13.2 Å². The summed E-state index contributed by atoms with van der Waals surface area (Å²) >= 11 is 0. The molecule has 0 atom stereocenters. The van der Waals surface area contributed by atoms with Gasteiger partial charge in [0.05, 0.1) is 0 Å². The van der Waals surface area contributed by atoms with Crippen molar-refractivity contribution >= 4 is 15.7 Å². The van der Waals surface area contributed by atoms with Gasteiger partial charge in [-0.1, -0.05) is 25.1 Å². The molecule has 2 heterocycles. The van der Waals surface area contributed by atoms with E-state index in [4.69, 9.17) is 0 Å². The second-order valence-corrected chi connectivity index (χ2v) is 8.12. The minimum Gasteiger partial charge on any atom is -0.342 e. The van der Waals surface area contributed by atoms with Gasteiger partial charge in [-0.2, -0.15) is 0 Å². The fraction of sp³-hybridized carbons (Fsp3) is 0.412. The Hall–Kier alpha value is -2.15. The van der Waals surface area contributed by atoms with Crippen molar-refractivity contribution in [2.24, 2.45) is 5.92 Å². The van der Waals surface area contributed by atoms with Crippen LogP contribution in [-0.4, -0.2) is 47.6 Å². The lowest BCUT2D eigenvalue weighted by Crippen LogP contribution is -2.41. The van der Waals surface area contributed by atoms with E-state index in [2.05, 4.69) is 11.9 Å². The van der Waals surface area contributed by atoms with Crippen LogP contribution in [0.2, 0.25) is 0 Å². The number of carbonyl (C=O) groups is 1. The van der Waals surface area contributed by atoms with Gasteiger partial charge in [0, 0.05) is 31.2 Å². The summed E-state index contributed by atoms with van der Waals surface area (Å²) in [5.41, 5.74) is 0.702. The van der Waals surface area contributed by atoms with E-state index in [0.717, 1.165) is 12.8 Å². The number of piperidine rings is 1. The standard InChI is InChI=1S/C17H21N3O3S/c1-14-7-10-19(11-8-14)16(21)13-24(22,23)17-18-9-12-20(17)15-5-3-2-4-6-15/h2-6,9,12,14H,7-8,10-11,13H2,1H3. The van der Waals surface area contributed by atoms with E-state index in [0.29, 0.717) is 24.7 Å². The van der Waals surface area contributed by atoms with Crippen molar-refractivity contribution in [2.75, 3.05) is 18.8 Å². The quantitative estimate of drug-likeness (QED) is 0.847. The number of hydrogen-bond donors (Lipinski definition) is 0. The number of nitrogens with zero attached hydrogens (tertiary/aromatic N) is 3.